The average molecular weight is 481 g/mol. The molecule has 1 heterocycles. The summed E-state index contributed by atoms with van der Waals surface area (Å²) in [5.74, 6) is 1.50. The Morgan fingerprint density at radius 3 is 1.86 bits per heavy atom. The van der Waals surface area contributed by atoms with Gasteiger partial charge in [0.25, 0.3) is 0 Å². The lowest BCUT2D eigenvalue weighted by Gasteiger charge is -2.37. The summed E-state index contributed by atoms with van der Waals surface area (Å²) in [5, 5.41) is 10.8. The first-order chi connectivity index (χ1) is 17.1. The van der Waals surface area contributed by atoms with E-state index in [0.717, 1.165) is 28.2 Å². The molecule has 1 N–H and O–H groups in total. The van der Waals surface area contributed by atoms with Gasteiger partial charge in [-0.05, 0) is 41.0 Å². The SMILES string of the molecule is COCOC1COC(COC(c2ccccc2)(c2ccc(OC)cc2)c2ccc(OC)cc2)C1O. The van der Waals surface area contributed by atoms with E-state index >= 15 is 0 Å². The van der Waals surface area contributed by atoms with Crippen molar-refractivity contribution < 1.29 is 33.5 Å². The molecule has 7 heteroatoms. The molecule has 35 heavy (non-hydrogen) atoms. The lowest BCUT2D eigenvalue weighted by Crippen LogP contribution is -2.40. The van der Waals surface area contributed by atoms with Crippen LogP contribution in [0.4, 0.5) is 0 Å². The minimum atomic E-state index is -0.978. The molecule has 1 aliphatic heterocycles. The highest BCUT2D eigenvalue weighted by atomic mass is 16.7. The van der Waals surface area contributed by atoms with Gasteiger partial charge in [0.05, 0.1) is 27.4 Å². The van der Waals surface area contributed by atoms with Crippen LogP contribution in [0, 0.1) is 0 Å². The largest absolute Gasteiger partial charge is 0.497 e. The Balaban J connectivity index is 1.75. The van der Waals surface area contributed by atoms with E-state index < -0.39 is 23.9 Å². The molecule has 3 unspecified atom stereocenters. The molecule has 0 saturated carbocycles. The van der Waals surface area contributed by atoms with Crippen molar-refractivity contribution in [2.75, 3.05) is 41.3 Å². The molecule has 3 aromatic rings. The summed E-state index contributed by atoms with van der Waals surface area (Å²) < 4.78 is 33.9. The van der Waals surface area contributed by atoms with Crippen LogP contribution in [0.3, 0.4) is 0 Å². The smallest absolute Gasteiger partial charge is 0.146 e. The Labute approximate surface area is 206 Å². The fourth-order valence-electron chi connectivity index (χ4n) is 4.39. The summed E-state index contributed by atoms with van der Waals surface area (Å²) in [4.78, 5) is 0. The van der Waals surface area contributed by atoms with Crippen molar-refractivity contribution in [3.05, 3.63) is 95.6 Å². The molecule has 1 saturated heterocycles. The molecule has 1 aliphatic rings. The zero-order valence-corrected chi connectivity index (χ0v) is 20.3. The monoisotopic (exact) mass is 480 g/mol. The van der Waals surface area contributed by atoms with Gasteiger partial charge in [-0.25, -0.2) is 0 Å². The molecule has 0 amide bonds. The van der Waals surface area contributed by atoms with E-state index in [1.54, 1.807) is 21.3 Å². The highest BCUT2D eigenvalue weighted by Crippen LogP contribution is 2.42. The second-order valence-corrected chi connectivity index (χ2v) is 8.29. The Morgan fingerprint density at radius 1 is 0.800 bits per heavy atom. The minimum absolute atomic E-state index is 0.0876. The molecule has 0 aliphatic carbocycles. The van der Waals surface area contributed by atoms with E-state index in [0.29, 0.717) is 0 Å². The predicted octanol–water partition coefficient (Wildman–Crippen LogP) is 3.76. The van der Waals surface area contributed by atoms with E-state index in [-0.39, 0.29) is 20.0 Å². The topological polar surface area (TPSA) is 75.6 Å². The molecule has 0 aromatic heterocycles. The number of hydrogen-bond donors (Lipinski definition) is 1. The summed E-state index contributed by atoms with van der Waals surface area (Å²) >= 11 is 0. The zero-order chi connectivity index (χ0) is 24.7. The molecule has 186 valence electrons. The van der Waals surface area contributed by atoms with Crippen molar-refractivity contribution in [3.63, 3.8) is 0 Å². The first-order valence-electron chi connectivity index (χ1n) is 11.5. The normalized spacial score (nSPS) is 20.1. The standard InChI is InChI=1S/C28H32O7/c1-30-19-34-25-17-33-26(27(25)29)18-35-28(20-7-5-4-6-8-20,21-9-13-23(31-2)14-10-21)22-11-15-24(32-3)16-12-22/h4-16,25-27,29H,17-19H2,1-3H3. The van der Waals surface area contributed by atoms with Gasteiger partial charge in [0.1, 0.15) is 42.2 Å². The van der Waals surface area contributed by atoms with Crippen molar-refractivity contribution >= 4 is 0 Å². The number of hydrogen-bond acceptors (Lipinski definition) is 7. The molecular weight excluding hydrogens is 448 g/mol. The zero-order valence-electron chi connectivity index (χ0n) is 20.3. The van der Waals surface area contributed by atoms with Gasteiger partial charge in [0.15, 0.2) is 0 Å². The van der Waals surface area contributed by atoms with Crippen LogP contribution in [-0.2, 0) is 24.5 Å². The van der Waals surface area contributed by atoms with Crippen LogP contribution in [0.1, 0.15) is 16.7 Å². The first kappa shape index (κ1) is 25.2. The van der Waals surface area contributed by atoms with Gasteiger partial charge < -0.3 is 33.5 Å². The molecule has 0 spiro atoms. The van der Waals surface area contributed by atoms with Gasteiger partial charge in [-0.3, -0.25) is 0 Å². The molecule has 3 aromatic carbocycles. The van der Waals surface area contributed by atoms with Crippen LogP contribution < -0.4 is 9.47 Å². The number of benzene rings is 3. The van der Waals surface area contributed by atoms with Crippen LogP contribution in [0.2, 0.25) is 0 Å². The van der Waals surface area contributed by atoms with E-state index in [9.17, 15) is 5.11 Å². The Bertz CT molecular complexity index is 990. The highest BCUT2D eigenvalue weighted by Gasteiger charge is 2.42. The van der Waals surface area contributed by atoms with Crippen LogP contribution in [0.25, 0.3) is 0 Å². The Kier molecular flexibility index (Phi) is 8.38. The van der Waals surface area contributed by atoms with Crippen LogP contribution in [0.15, 0.2) is 78.9 Å². The maximum Gasteiger partial charge on any atom is 0.146 e. The quantitative estimate of drug-likeness (QED) is 0.331. The molecule has 0 radical (unpaired) electrons. The van der Waals surface area contributed by atoms with Crippen molar-refractivity contribution in [1.82, 2.24) is 0 Å². The maximum atomic E-state index is 10.8. The van der Waals surface area contributed by atoms with Crippen LogP contribution in [-0.4, -0.2) is 64.8 Å². The molecule has 0 bridgehead atoms. The third-order valence-corrected chi connectivity index (χ3v) is 6.27. The Hall–Kier alpha value is -2.94. The summed E-state index contributed by atoms with van der Waals surface area (Å²) in [7, 11) is 4.82. The molecule has 3 atom stereocenters. The summed E-state index contributed by atoms with van der Waals surface area (Å²) in [6, 6.07) is 25.6. The highest BCUT2D eigenvalue weighted by molar-refractivity contribution is 5.49. The fourth-order valence-corrected chi connectivity index (χ4v) is 4.39. The van der Waals surface area contributed by atoms with E-state index in [2.05, 4.69) is 0 Å². The van der Waals surface area contributed by atoms with Gasteiger partial charge in [0.2, 0.25) is 0 Å². The number of ether oxygens (including phenoxy) is 6. The Morgan fingerprint density at radius 2 is 1.34 bits per heavy atom. The number of aliphatic hydroxyl groups excluding tert-OH is 1. The summed E-state index contributed by atoms with van der Waals surface area (Å²) in [6.45, 7) is 0.493. The molecular formula is C28H32O7. The van der Waals surface area contributed by atoms with Crippen molar-refractivity contribution in [2.24, 2.45) is 0 Å². The molecule has 7 nitrogen and oxygen atoms in total. The van der Waals surface area contributed by atoms with Crippen molar-refractivity contribution in [1.29, 1.82) is 0 Å². The summed E-state index contributed by atoms with van der Waals surface area (Å²) in [6.07, 6.45) is -1.88. The summed E-state index contributed by atoms with van der Waals surface area (Å²) in [5.41, 5.74) is 1.78. The number of aliphatic hydroxyl groups is 1. The fraction of sp³-hybridized carbons (Fsp3) is 0.357. The van der Waals surface area contributed by atoms with Crippen LogP contribution >= 0.6 is 0 Å². The third kappa shape index (κ3) is 5.34. The van der Waals surface area contributed by atoms with E-state index in [4.69, 9.17) is 28.4 Å². The van der Waals surface area contributed by atoms with Gasteiger partial charge in [0, 0.05) is 7.11 Å². The predicted molar refractivity (Wildman–Crippen MR) is 131 cm³/mol. The van der Waals surface area contributed by atoms with Gasteiger partial charge in [-0.1, -0.05) is 54.6 Å². The number of methoxy groups -OCH3 is 3. The third-order valence-electron chi connectivity index (χ3n) is 6.27. The maximum absolute atomic E-state index is 10.8. The van der Waals surface area contributed by atoms with Gasteiger partial charge in [-0.15, -0.1) is 0 Å². The van der Waals surface area contributed by atoms with Crippen LogP contribution in [0.5, 0.6) is 11.5 Å². The van der Waals surface area contributed by atoms with Crippen molar-refractivity contribution in [3.8, 4) is 11.5 Å². The van der Waals surface area contributed by atoms with Gasteiger partial charge >= 0.3 is 0 Å². The lowest BCUT2D eigenvalue weighted by atomic mass is 9.80. The molecule has 4 rings (SSSR count). The minimum Gasteiger partial charge on any atom is -0.497 e. The first-order valence-corrected chi connectivity index (χ1v) is 11.5. The lowest BCUT2D eigenvalue weighted by molar-refractivity contribution is -0.105. The second kappa shape index (κ2) is 11.7. The van der Waals surface area contributed by atoms with E-state index in [1.165, 1.54) is 0 Å². The van der Waals surface area contributed by atoms with Gasteiger partial charge in [-0.2, -0.15) is 0 Å². The second-order valence-electron chi connectivity index (χ2n) is 8.29. The van der Waals surface area contributed by atoms with Crippen molar-refractivity contribution in [2.45, 2.75) is 23.9 Å². The average Bonchev–Trinajstić information content (AvgIpc) is 3.28. The van der Waals surface area contributed by atoms with E-state index in [1.807, 2.05) is 78.9 Å². The molecule has 1 fully saturated rings. The number of rotatable bonds is 11.